The van der Waals surface area contributed by atoms with Crippen LogP contribution in [0.5, 0.6) is 0 Å². The van der Waals surface area contributed by atoms with Crippen LogP contribution in [0, 0.1) is 0 Å². The molecule has 5 nitrogen and oxygen atoms in total. The van der Waals surface area contributed by atoms with E-state index in [0.717, 1.165) is 133 Å². The maximum absolute atomic E-state index is 6.64. The molecule has 0 aliphatic carbocycles. The molecule has 0 amide bonds. The Morgan fingerprint density at radius 3 is 1.81 bits per heavy atom. The molecule has 14 rings (SSSR count). The number of nitrogens with zero attached hydrogens (tertiary/aromatic N) is 2. The summed E-state index contributed by atoms with van der Waals surface area (Å²) < 4.78 is 13.1. The van der Waals surface area contributed by atoms with E-state index >= 15 is 0 Å². The summed E-state index contributed by atoms with van der Waals surface area (Å²) in [6.07, 6.45) is 2.23. The van der Waals surface area contributed by atoms with Gasteiger partial charge in [-0.1, -0.05) is 194 Å². The summed E-state index contributed by atoms with van der Waals surface area (Å²) in [7, 11) is 0. The molecule has 1 atom stereocenters. The number of fused-ring (bicyclic) bond motifs is 9. The third kappa shape index (κ3) is 6.62. The Bertz CT molecular complexity index is 4260. The first kappa shape index (κ1) is 39.8. The molecule has 5 heteroatoms. The number of para-hydroxylation sites is 4. The molecule has 10 aromatic carbocycles. The second-order valence-corrected chi connectivity index (χ2v) is 18.1. The summed E-state index contributed by atoms with van der Waals surface area (Å²) >= 11 is 0. The number of hydrogen-bond acceptors (Lipinski definition) is 5. The zero-order chi connectivity index (χ0) is 46.1. The van der Waals surface area contributed by atoms with Gasteiger partial charge in [0.15, 0.2) is 0 Å². The molecule has 70 heavy (non-hydrogen) atoms. The number of benzene rings is 10. The summed E-state index contributed by atoms with van der Waals surface area (Å²) in [6, 6.07) is 80.9. The summed E-state index contributed by atoms with van der Waals surface area (Å²) in [5.41, 5.74) is 17.2. The van der Waals surface area contributed by atoms with E-state index in [2.05, 4.69) is 218 Å². The van der Waals surface area contributed by atoms with Gasteiger partial charge in [-0.05, 0) is 75.9 Å². The van der Waals surface area contributed by atoms with Gasteiger partial charge in [0.25, 0.3) is 0 Å². The van der Waals surface area contributed by atoms with Gasteiger partial charge in [0.05, 0.1) is 22.9 Å². The van der Waals surface area contributed by atoms with Crippen LogP contribution in [0.25, 0.3) is 116 Å². The Labute approximate surface area is 403 Å². The van der Waals surface area contributed by atoms with E-state index in [9.17, 15) is 0 Å². The van der Waals surface area contributed by atoms with Crippen molar-refractivity contribution in [2.24, 2.45) is 4.99 Å². The van der Waals surface area contributed by atoms with Gasteiger partial charge in [-0.3, -0.25) is 0 Å². The van der Waals surface area contributed by atoms with Gasteiger partial charge in [0.1, 0.15) is 28.2 Å². The van der Waals surface area contributed by atoms with E-state index in [1.807, 2.05) is 24.3 Å². The molecule has 13 aromatic rings. The molecule has 0 bridgehead atoms. The van der Waals surface area contributed by atoms with Crippen molar-refractivity contribution in [3.63, 3.8) is 0 Å². The predicted octanol–water partition coefficient (Wildman–Crippen LogP) is 17.0. The minimum absolute atomic E-state index is 0.132. The highest BCUT2D eigenvalue weighted by atomic mass is 16.3. The molecule has 0 saturated heterocycles. The van der Waals surface area contributed by atoms with Crippen LogP contribution in [0.1, 0.15) is 22.7 Å². The lowest BCUT2D eigenvalue weighted by atomic mass is 9.89. The van der Waals surface area contributed by atoms with E-state index in [1.54, 1.807) is 0 Å². The summed E-state index contributed by atoms with van der Waals surface area (Å²) in [4.78, 5) is 10.7. The molecule has 1 aliphatic heterocycles. The minimum Gasteiger partial charge on any atom is -0.456 e. The molecule has 0 fully saturated rings. The SMILES string of the molecule is C1=C(c2ccccc2)N=C(c2cccc(-c3cccc4c3oc3ccccc34)c2)NC1c1ccc(-c2cccc(-c3nc4ccccc4c4c(-c5ccccc5)c5c(cc34)oc3ccccc35)c2)cc1. The fourth-order valence-corrected chi connectivity index (χ4v) is 10.6. The first-order valence-corrected chi connectivity index (χ1v) is 23.7. The standard InChI is InChI=1S/C65H41N3O2/c1-3-16-41(17-4-1)55-39-56(68-65(67-55)47-23-14-21-45(37-47)48-27-15-28-50-49-24-8-11-30-57(49)70-64(48)50)42-34-32-40(33-35-42)44-20-13-22-46(36-44)63-53-38-59-62(52-26-9-12-31-58(52)69-59)60(43-18-5-2-6-19-43)61(53)51-25-7-10-29-54(51)66-63/h1-39,56H,(H,67,68). The zero-order valence-corrected chi connectivity index (χ0v) is 37.8. The highest BCUT2D eigenvalue weighted by Gasteiger charge is 2.24. The summed E-state index contributed by atoms with van der Waals surface area (Å²) in [5, 5.41) is 11.6. The van der Waals surface area contributed by atoms with Crippen molar-refractivity contribution < 1.29 is 8.83 Å². The number of amidine groups is 1. The topological polar surface area (TPSA) is 63.6 Å². The molecule has 0 spiro atoms. The van der Waals surface area contributed by atoms with Crippen molar-refractivity contribution in [2.45, 2.75) is 6.04 Å². The maximum Gasteiger partial charge on any atom is 0.143 e. The number of hydrogen-bond donors (Lipinski definition) is 1. The van der Waals surface area contributed by atoms with Crippen molar-refractivity contribution in [1.82, 2.24) is 10.3 Å². The molecule has 3 aromatic heterocycles. The van der Waals surface area contributed by atoms with E-state index in [-0.39, 0.29) is 6.04 Å². The first-order chi connectivity index (χ1) is 34.7. The van der Waals surface area contributed by atoms with Gasteiger partial charge >= 0.3 is 0 Å². The molecular formula is C65H41N3O2. The Morgan fingerprint density at radius 1 is 0.386 bits per heavy atom. The second kappa shape index (κ2) is 16.2. The quantitative estimate of drug-likeness (QED) is 0.162. The van der Waals surface area contributed by atoms with Crippen LogP contribution >= 0.6 is 0 Å². The molecule has 0 saturated carbocycles. The molecular weight excluding hydrogens is 855 g/mol. The van der Waals surface area contributed by atoms with Gasteiger partial charge < -0.3 is 14.2 Å². The van der Waals surface area contributed by atoms with Crippen LogP contribution in [-0.2, 0) is 0 Å². The van der Waals surface area contributed by atoms with E-state index in [0.29, 0.717) is 0 Å². The average molecular weight is 896 g/mol. The largest absolute Gasteiger partial charge is 0.456 e. The highest BCUT2D eigenvalue weighted by molar-refractivity contribution is 6.27. The Hall–Kier alpha value is -9.32. The number of pyridine rings is 1. The van der Waals surface area contributed by atoms with Gasteiger partial charge in [-0.25, -0.2) is 9.98 Å². The lowest BCUT2D eigenvalue weighted by Crippen LogP contribution is -2.31. The number of aromatic nitrogens is 1. The van der Waals surface area contributed by atoms with E-state index < -0.39 is 0 Å². The monoisotopic (exact) mass is 895 g/mol. The normalized spacial score (nSPS) is 13.9. The number of furan rings is 2. The van der Waals surface area contributed by atoms with Crippen LogP contribution in [0.2, 0.25) is 0 Å². The van der Waals surface area contributed by atoms with Crippen molar-refractivity contribution in [2.75, 3.05) is 0 Å². The molecule has 1 N–H and O–H groups in total. The second-order valence-electron chi connectivity index (χ2n) is 18.1. The van der Waals surface area contributed by atoms with Crippen molar-refractivity contribution in [3.8, 4) is 44.6 Å². The van der Waals surface area contributed by atoms with Gasteiger partial charge in [0, 0.05) is 60.0 Å². The average Bonchev–Trinajstić information content (AvgIpc) is 4.01. The molecule has 1 aliphatic rings. The van der Waals surface area contributed by atoms with E-state index in [1.165, 1.54) is 5.39 Å². The Kier molecular flexibility index (Phi) is 9.20. The number of aliphatic imine (C=N–C) groups is 1. The van der Waals surface area contributed by atoms with Gasteiger partial charge in [-0.15, -0.1) is 0 Å². The number of nitrogens with one attached hydrogen (secondary N) is 1. The molecule has 0 radical (unpaired) electrons. The molecule has 328 valence electrons. The predicted molar refractivity (Wildman–Crippen MR) is 289 cm³/mol. The Morgan fingerprint density at radius 2 is 1.00 bits per heavy atom. The lowest BCUT2D eigenvalue weighted by Gasteiger charge is -2.25. The maximum atomic E-state index is 6.64. The lowest BCUT2D eigenvalue weighted by molar-refractivity contribution is 0.669. The zero-order valence-electron chi connectivity index (χ0n) is 37.8. The molecule has 4 heterocycles. The van der Waals surface area contributed by atoms with Crippen LogP contribution in [0.4, 0.5) is 0 Å². The third-order valence-corrected chi connectivity index (χ3v) is 13.9. The van der Waals surface area contributed by atoms with Crippen molar-refractivity contribution in [1.29, 1.82) is 0 Å². The molecule has 1 unspecified atom stereocenters. The van der Waals surface area contributed by atoms with Crippen LogP contribution in [0.15, 0.2) is 250 Å². The minimum atomic E-state index is -0.132. The summed E-state index contributed by atoms with van der Waals surface area (Å²) in [6.45, 7) is 0. The van der Waals surface area contributed by atoms with Crippen molar-refractivity contribution >= 4 is 77.1 Å². The fraction of sp³-hybridized carbons (Fsp3) is 0.0154. The van der Waals surface area contributed by atoms with E-state index in [4.69, 9.17) is 18.8 Å². The summed E-state index contributed by atoms with van der Waals surface area (Å²) in [5.74, 6) is 0.812. The van der Waals surface area contributed by atoms with Crippen molar-refractivity contribution in [3.05, 3.63) is 253 Å². The van der Waals surface area contributed by atoms with Gasteiger partial charge in [0.2, 0.25) is 0 Å². The van der Waals surface area contributed by atoms with Crippen LogP contribution in [0.3, 0.4) is 0 Å². The smallest absolute Gasteiger partial charge is 0.143 e. The third-order valence-electron chi connectivity index (χ3n) is 13.9. The van der Waals surface area contributed by atoms with Gasteiger partial charge in [-0.2, -0.15) is 0 Å². The number of rotatable bonds is 7. The highest BCUT2D eigenvalue weighted by Crippen LogP contribution is 2.47. The Balaban J connectivity index is 0.842. The van der Waals surface area contributed by atoms with Crippen LogP contribution < -0.4 is 5.32 Å². The first-order valence-electron chi connectivity index (χ1n) is 23.7. The fourth-order valence-electron chi connectivity index (χ4n) is 10.6. The van der Waals surface area contributed by atoms with Crippen LogP contribution in [-0.4, -0.2) is 10.8 Å².